The molecule has 0 spiro atoms. The average Bonchev–Trinajstić information content (AvgIpc) is 3.25. The number of esters is 1. The molecule has 34 heavy (non-hydrogen) atoms. The van der Waals surface area contributed by atoms with Crippen molar-refractivity contribution >= 4 is 29.2 Å². The van der Waals surface area contributed by atoms with Gasteiger partial charge in [-0.1, -0.05) is 60.1 Å². The number of ether oxygens (including phenoxy) is 2. The van der Waals surface area contributed by atoms with Crippen LogP contribution < -0.4 is 9.47 Å². The zero-order chi connectivity index (χ0) is 24.1. The summed E-state index contributed by atoms with van der Waals surface area (Å²) in [6, 6.07) is 23.4. The molecule has 0 aliphatic heterocycles. The standard InChI is InChI=1S/C26H19ClN4O3/c1-31-24(18-8-4-3-5-9-18)29-30-25(31)19(16-28)14-17-12-13-22(23(15-17)33-2)34-26(32)20-10-6-7-11-21(20)27/h3-15H,1-2H3/b19-14+. The average molecular weight is 471 g/mol. The lowest BCUT2D eigenvalue weighted by Gasteiger charge is -2.11. The van der Waals surface area contributed by atoms with Gasteiger partial charge in [-0.05, 0) is 35.9 Å². The monoisotopic (exact) mass is 470 g/mol. The molecule has 0 saturated heterocycles. The van der Waals surface area contributed by atoms with Crippen LogP contribution in [0.2, 0.25) is 5.02 Å². The fraction of sp³-hybridized carbons (Fsp3) is 0.0769. The van der Waals surface area contributed by atoms with E-state index in [4.69, 9.17) is 21.1 Å². The summed E-state index contributed by atoms with van der Waals surface area (Å²) in [5, 5.41) is 18.5. The SMILES string of the molecule is COc1cc(/C=C(\C#N)c2nnc(-c3ccccc3)n2C)ccc1OC(=O)c1ccccc1Cl. The summed E-state index contributed by atoms with van der Waals surface area (Å²) in [5.74, 6) is 1.03. The zero-order valence-electron chi connectivity index (χ0n) is 18.4. The highest BCUT2D eigenvalue weighted by atomic mass is 35.5. The van der Waals surface area contributed by atoms with Gasteiger partial charge in [0.1, 0.15) is 6.07 Å². The Labute approximate surface area is 201 Å². The van der Waals surface area contributed by atoms with E-state index in [1.165, 1.54) is 7.11 Å². The molecule has 4 aromatic rings. The Morgan fingerprint density at radius 3 is 2.47 bits per heavy atom. The molecule has 3 aromatic carbocycles. The van der Waals surface area contributed by atoms with Gasteiger partial charge in [0.2, 0.25) is 0 Å². The topological polar surface area (TPSA) is 90.0 Å². The van der Waals surface area contributed by atoms with Gasteiger partial charge in [-0.3, -0.25) is 0 Å². The summed E-state index contributed by atoms with van der Waals surface area (Å²) in [6.07, 6.45) is 1.67. The molecule has 0 amide bonds. The Balaban J connectivity index is 1.63. The van der Waals surface area contributed by atoms with Crippen molar-refractivity contribution in [2.45, 2.75) is 0 Å². The molecule has 0 aliphatic carbocycles. The lowest BCUT2D eigenvalue weighted by Crippen LogP contribution is -2.09. The molecule has 0 radical (unpaired) electrons. The molecule has 0 aliphatic rings. The third-order valence-corrected chi connectivity index (χ3v) is 5.39. The minimum absolute atomic E-state index is 0.230. The number of carbonyl (C=O) groups excluding carboxylic acids is 1. The van der Waals surface area contributed by atoms with Crippen LogP contribution in [0.5, 0.6) is 11.5 Å². The van der Waals surface area contributed by atoms with Gasteiger partial charge in [0.15, 0.2) is 23.1 Å². The van der Waals surface area contributed by atoms with Gasteiger partial charge in [0.05, 0.1) is 23.3 Å². The predicted molar refractivity (Wildman–Crippen MR) is 129 cm³/mol. The van der Waals surface area contributed by atoms with Crippen molar-refractivity contribution in [2.24, 2.45) is 7.05 Å². The van der Waals surface area contributed by atoms with Gasteiger partial charge < -0.3 is 14.0 Å². The van der Waals surface area contributed by atoms with E-state index in [0.717, 1.165) is 5.56 Å². The molecule has 1 heterocycles. The number of aromatic nitrogens is 3. The number of hydrogen-bond acceptors (Lipinski definition) is 6. The number of allylic oxidation sites excluding steroid dienone is 1. The van der Waals surface area contributed by atoms with Gasteiger partial charge in [0, 0.05) is 12.6 Å². The first-order valence-corrected chi connectivity index (χ1v) is 10.6. The third-order valence-electron chi connectivity index (χ3n) is 5.06. The molecule has 168 valence electrons. The van der Waals surface area contributed by atoms with E-state index >= 15 is 0 Å². The van der Waals surface area contributed by atoms with Gasteiger partial charge >= 0.3 is 5.97 Å². The van der Waals surface area contributed by atoms with Crippen LogP contribution in [0.3, 0.4) is 0 Å². The van der Waals surface area contributed by atoms with Crippen molar-refractivity contribution in [3.05, 3.63) is 94.8 Å². The number of methoxy groups -OCH3 is 1. The maximum absolute atomic E-state index is 12.5. The second-order valence-electron chi connectivity index (χ2n) is 7.22. The Hall–Kier alpha value is -4.41. The minimum atomic E-state index is -0.600. The van der Waals surface area contributed by atoms with Crippen molar-refractivity contribution in [2.75, 3.05) is 7.11 Å². The van der Waals surface area contributed by atoms with Gasteiger partial charge in [-0.15, -0.1) is 10.2 Å². The summed E-state index contributed by atoms with van der Waals surface area (Å²) in [5.41, 5.74) is 2.13. The molecule has 0 unspecified atom stereocenters. The molecule has 0 saturated carbocycles. The van der Waals surface area contributed by atoms with Crippen molar-refractivity contribution in [1.82, 2.24) is 14.8 Å². The van der Waals surface area contributed by atoms with E-state index in [9.17, 15) is 10.1 Å². The van der Waals surface area contributed by atoms with Crippen LogP contribution in [-0.4, -0.2) is 27.8 Å². The first kappa shape index (κ1) is 22.8. The second kappa shape index (κ2) is 10.0. The van der Waals surface area contributed by atoms with E-state index in [1.807, 2.05) is 30.3 Å². The molecule has 1 aromatic heterocycles. The maximum atomic E-state index is 12.5. The quantitative estimate of drug-likeness (QED) is 0.212. The Morgan fingerprint density at radius 1 is 1.03 bits per heavy atom. The van der Waals surface area contributed by atoms with Gasteiger partial charge in [-0.25, -0.2) is 4.79 Å². The van der Waals surface area contributed by atoms with Crippen LogP contribution >= 0.6 is 11.6 Å². The van der Waals surface area contributed by atoms with Crippen molar-refractivity contribution < 1.29 is 14.3 Å². The largest absolute Gasteiger partial charge is 0.493 e. The van der Waals surface area contributed by atoms with E-state index in [-0.39, 0.29) is 11.3 Å². The van der Waals surface area contributed by atoms with Crippen LogP contribution in [0.1, 0.15) is 21.7 Å². The second-order valence-corrected chi connectivity index (χ2v) is 7.63. The van der Waals surface area contributed by atoms with E-state index in [2.05, 4.69) is 16.3 Å². The number of halogens is 1. The Kier molecular flexibility index (Phi) is 6.72. The molecule has 4 rings (SSSR count). The predicted octanol–water partition coefficient (Wildman–Crippen LogP) is 5.43. The van der Waals surface area contributed by atoms with Crippen LogP contribution in [-0.2, 0) is 7.05 Å². The van der Waals surface area contributed by atoms with Crippen LogP contribution in [0, 0.1) is 11.3 Å². The van der Waals surface area contributed by atoms with Gasteiger partial charge in [-0.2, -0.15) is 5.26 Å². The van der Waals surface area contributed by atoms with Crippen molar-refractivity contribution in [1.29, 1.82) is 5.26 Å². The van der Waals surface area contributed by atoms with Gasteiger partial charge in [0.25, 0.3) is 0 Å². The zero-order valence-corrected chi connectivity index (χ0v) is 19.2. The normalized spacial score (nSPS) is 11.1. The molecule has 7 nitrogen and oxygen atoms in total. The smallest absolute Gasteiger partial charge is 0.345 e. The number of benzene rings is 3. The summed E-state index contributed by atoms with van der Waals surface area (Å²) in [7, 11) is 3.27. The van der Waals surface area contributed by atoms with Crippen molar-refractivity contribution in [3.63, 3.8) is 0 Å². The first-order chi connectivity index (χ1) is 16.5. The lowest BCUT2D eigenvalue weighted by molar-refractivity contribution is 0.0730. The van der Waals surface area contributed by atoms with Crippen molar-refractivity contribution in [3.8, 4) is 29.0 Å². The summed E-state index contributed by atoms with van der Waals surface area (Å²) >= 11 is 6.09. The Bertz CT molecular complexity index is 1420. The summed E-state index contributed by atoms with van der Waals surface area (Å²) in [4.78, 5) is 12.5. The summed E-state index contributed by atoms with van der Waals surface area (Å²) in [6.45, 7) is 0. The molecule has 0 fully saturated rings. The molecule has 0 bridgehead atoms. The van der Waals surface area contributed by atoms with E-state index < -0.39 is 5.97 Å². The van der Waals surface area contributed by atoms with E-state index in [1.54, 1.807) is 60.2 Å². The van der Waals surface area contributed by atoms with E-state index in [0.29, 0.717) is 33.6 Å². The highest BCUT2D eigenvalue weighted by molar-refractivity contribution is 6.33. The third kappa shape index (κ3) is 4.68. The highest BCUT2D eigenvalue weighted by Crippen LogP contribution is 2.31. The maximum Gasteiger partial charge on any atom is 0.345 e. The molecular formula is C26H19ClN4O3. The molecule has 0 N–H and O–H groups in total. The molecule has 0 atom stereocenters. The number of nitriles is 1. The number of hydrogen-bond donors (Lipinski definition) is 0. The first-order valence-electron chi connectivity index (χ1n) is 10.2. The Morgan fingerprint density at radius 2 is 1.76 bits per heavy atom. The minimum Gasteiger partial charge on any atom is -0.493 e. The lowest BCUT2D eigenvalue weighted by atomic mass is 10.1. The molecular weight excluding hydrogens is 452 g/mol. The van der Waals surface area contributed by atoms with Crippen LogP contribution in [0.15, 0.2) is 72.8 Å². The fourth-order valence-electron chi connectivity index (χ4n) is 3.36. The number of rotatable bonds is 6. The summed E-state index contributed by atoms with van der Waals surface area (Å²) < 4.78 is 12.7. The number of carbonyl (C=O) groups is 1. The van der Waals surface area contributed by atoms with Crippen LogP contribution in [0.25, 0.3) is 23.0 Å². The van der Waals surface area contributed by atoms with Crippen LogP contribution in [0.4, 0.5) is 0 Å². The number of nitrogens with zero attached hydrogens (tertiary/aromatic N) is 4. The highest BCUT2D eigenvalue weighted by Gasteiger charge is 2.17. The fourth-order valence-corrected chi connectivity index (χ4v) is 3.57. The molecule has 8 heteroatoms.